The van der Waals surface area contributed by atoms with E-state index in [0.717, 1.165) is 42.8 Å². The fourth-order valence-corrected chi connectivity index (χ4v) is 4.78. The van der Waals surface area contributed by atoms with Crippen LogP contribution in [0.4, 0.5) is 9.80 Å². The second-order valence-electron chi connectivity index (χ2n) is 8.01. The predicted molar refractivity (Wildman–Crippen MR) is 109 cm³/mol. The summed E-state index contributed by atoms with van der Waals surface area (Å²) in [5.74, 6) is -0.281. The molecule has 27 heavy (non-hydrogen) atoms. The zero-order valence-corrected chi connectivity index (χ0v) is 18.1. The molecule has 0 bridgehead atoms. The average Bonchev–Trinajstić information content (AvgIpc) is 2.96. The first kappa shape index (κ1) is 21.5. The third-order valence-electron chi connectivity index (χ3n) is 4.88. The van der Waals surface area contributed by atoms with Gasteiger partial charge in [0.25, 0.3) is 0 Å². The molecular formula is C20H32N2O4S. The number of anilines is 1. The summed E-state index contributed by atoms with van der Waals surface area (Å²) in [5.41, 5.74) is 1.16. The van der Waals surface area contributed by atoms with Gasteiger partial charge >= 0.3 is 12.1 Å². The van der Waals surface area contributed by atoms with Crippen molar-refractivity contribution in [3.63, 3.8) is 0 Å². The Bertz CT molecular complexity index is 657. The highest BCUT2D eigenvalue weighted by atomic mass is 32.1. The lowest BCUT2D eigenvalue weighted by Crippen LogP contribution is -2.45. The van der Waals surface area contributed by atoms with Gasteiger partial charge in [0.15, 0.2) is 0 Å². The van der Waals surface area contributed by atoms with Crippen molar-refractivity contribution in [2.75, 3.05) is 18.6 Å². The maximum Gasteiger partial charge on any atom is 0.407 e. The summed E-state index contributed by atoms with van der Waals surface area (Å²) in [7, 11) is 1.41. The van der Waals surface area contributed by atoms with Crippen molar-refractivity contribution in [3.05, 3.63) is 16.5 Å². The summed E-state index contributed by atoms with van der Waals surface area (Å²) in [6, 6.07) is 0.569. The van der Waals surface area contributed by atoms with Crippen molar-refractivity contribution in [1.29, 1.82) is 0 Å². The molecule has 6 nitrogen and oxygen atoms in total. The van der Waals surface area contributed by atoms with E-state index in [1.54, 1.807) is 11.3 Å². The number of methoxy groups -OCH3 is 1. The van der Waals surface area contributed by atoms with Crippen LogP contribution in [0.5, 0.6) is 0 Å². The van der Waals surface area contributed by atoms with Crippen molar-refractivity contribution in [1.82, 2.24) is 5.32 Å². The van der Waals surface area contributed by atoms with E-state index in [1.807, 2.05) is 33.1 Å². The van der Waals surface area contributed by atoms with Gasteiger partial charge in [-0.1, -0.05) is 0 Å². The number of nitrogens with zero attached hydrogens (tertiary/aromatic N) is 1. The van der Waals surface area contributed by atoms with Gasteiger partial charge in [-0.2, -0.15) is 0 Å². The number of hydrogen-bond acceptors (Lipinski definition) is 6. The molecule has 0 spiro atoms. The normalized spacial score (nSPS) is 20.1. The first-order valence-electron chi connectivity index (χ1n) is 9.58. The molecule has 1 heterocycles. The molecule has 1 aromatic rings. The zero-order chi connectivity index (χ0) is 20.2. The average molecular weight is 397 g/mol. The molecule has 0 unspecified atom stereocenters. The summed E-state index contributed by atoms with van der Waals surface area (Å²) in [6.45, 7) is 10.6. The quantitative estimate of drug-likeness (QED) is 0.742. The van der Waals surface area contributed by atoms with Crippen LogP contribution in [-0.4, -0.2) is 43.4 Å². The standard InChI is InChI=1S/C20H32N2O4S/c1-7-22(17-13(2)16(12-27-17)18(23)25-6)15-10-8-14(9-11-15)21-19(24)26-20(3,4)5/h12,14-15H,7-11H2,1-6H3,(H,21,24). The van der Waals surface area contributed by atoms with Crippen LogP contribution >= 0.6 is 11.3 Å². The summed E-state index contributed by atoms with van der Waals surface area (Å²) in [4.78, 5) is 26.3. The molecule has 1 amide bonds. The number of ether oxygens (including phenoxy) is 2. The van der Waals surface area contributed by atoms with Crippen molar-refractivity contribution in [2.45, 2.75) is 78.0 Å². The highest BCUT2D eigenvalue weighted by Gasteiger charge is 2.29. The Morgan fingerprint density at radius 3 is 2.41 bits per heavy atom. The predicted octanol–water partition coefficient (Wildman–Crippen LogP) is 4.51. The van der Waals surface area contributed by atoms with Crippen LogP contribution in [0, 0.1) is 6.92 Å². The molecule has 7 heteroatoms. The SMILES string of the molecule is CCN(c1scc(C(=O)OC)c1C)C1CCC(NC(=O)OC(C)(C)C)CC1. The Hall–Kier alpha value is -1.76. The van der Waals surface area contributed by atoms with E-state index in [4.69, 9.17) is 9.47 Å². The molecule has 0 aromatic carbocycles. The van der Waals surface area contributed by atoms with E-state index < -0.39 is 5.60 Å². The van der Waals surface area contributed by atoms with Crippen molar-refractivity contribution < 1.29 is 19.1 Å². The second-order valence-corrected chi connectivity index (χ2v) is 8.87. The molecule has 0 atom stereocenters. The van der Waals surface area contributed by atoms with Crippen LogP contribution in [0.3, 0.4) is 0 Å². The van der Waals surface area contributed by atoms with Gasteiger partial charge in [0.1, 0.15) is 5.60 Å². The minimum absolute atomic E-state index is 0.157. The van der Waals surface area contributed by atoms with Crippen molar-refractivity contribution >= 4 is 28.4 Å². The molecule has 1 aliphatic rings. The Labute approximate surface area is 166 Å². The first-order chi connectivity index (χ1) is 12.7. The van der Waals surface area contributed by atoms with Gasteiger partial charge in [0, 0.05) is 24.0 Å². The molecule has 1 N–H and O–H groups in total. The molecule has 0 radical (unpaired) electrons. The summed E-state index contributed by atoms with van der Waals surface area (Å²) in [6.07, 6.45) is 3.51. The van der Waals surface area contributed by atoms with E-state index in [0.29, 0.717) is 11.6 Å². The van der Waals surface area contributed by atoms with E-state index in [-0.39, 0.29) is 18.1 Å². The van der Waals surface area contributed by atoms with Gasteiger partial charge in [0.2, 0.25) is 0 Å². The molecule has 2 rings (SSSR count). The Morgan fingerprint density at radius 1 is 1.26 bits per heavy atom. The van der Waals surface area contributed by atoms with Crippen LogP contribution in [0.2, 0.25) is 0 Å². The number of amides is 1. The minimum atomic E-state index is -0.478. The van der Waals surface area contributed by atoms with Crippen LogP contribution in [-0.2, 0) is 9.47 Å². The van der Waals surface area contributed by atoms with Crippen molar-refractivity contribution in [3.8, 4) is 0 Å². The molecule has 1 aliphatic carbocycles. The summed E-state index contributed by atoms with van der Waals surface area (Å²) in [5, 5.41) is 6.02. The maximum absolute atomic E-state index is 12.0. The van der Waals surface area contributed by atoms with E-state index in [2.05, 4.69) is 17.1 Å². The Kier molecular flexibility index (Phi) is 7.14. The van der Waals surface area contributed by atoms with Gasteiger partial charge in [-0.3, -0.25) is 0 Å². The summed E-state index contributed by atoms with van der Waals surface area (Å²) < 4.78 is 10.2. The third-order valence-corrected chi connectivity index (χ3v) is 6.00. The smallest absolute Gasteiger partial charge is 0.407 e. The van der Waals surface area contributed by atoms with E-state index in [1.165, 1.54) is 7.11 Å². The number of thiophene rings is 1. The van der Waals surface area contributed by atoms with Gasteiger partial charge in [-0.15, -0.1) is 11.3 Å². The molecule has 0 saturated heterocycles. The van der Waals surface area contributed by atoms with Gasteiger partial charge in [0.05, 0.1) is 17.7 Å². The zero-order valence-electron chi connectivity index (χ0n) is 17.3. The summed E-state index contributed by atoms with van der Waals surface area (Å²) >= 11 is 1.60. The fourth-order valence-electron chi connectivity index (χ4n) is 3.57. The number of rotatable bonds is 5. The molecule has 1 saturated carbocycles. The first-order valence-corrected chi connectivity index (χ1v) is 10.5. The highest BCUT2D eigenvalue weighted by molar-refractivity contribution is 7.14. The van der Waals surface area contributed by atoms with Crippen LogP contribution in [0.25, 0.3) is 0 Å². The monoisotopic (exact) mass is 396 g/mol. The second kappa shape index (κ2) is 8.95. The lowest BCUT2D eigenvalue weighted by molar-refractivity contribution is 0.0490. The molecular weight excluding hydrogens is 364 g/mol. The minimum Gasteiger partial charge on any atom is -0.465 e. The molecule has 0 aliphatic heterocycles. The van der Waals surface area contributed by atoms with Crippen LogP contribution in [0.15, 0.2) is 5.38 Å². The third kappa shape index (κ3) is 5.61. The number of carbonyl (C=O) groups excluding carboxylic acids is 2. The number of carbonyl (C=O) groups is 2. The molecule has 1 aromatic heterocycles. The van der Waals surface area contributed by atoms with Gasteiger partial charge in [-0.25, -0.2) is 9.59 Å². The van der Waals surface area contributed by atoms with E-state index >= 15 is 0 Å². The topological polar surface area (TPSA) is 67.9 Å². The molecule has 152 valence electrons. The van der Waals surface area contributed by atoms with Gasteiger partial charge < -0.3 is 19.7 Å². The highest BCUT2D eigenvalue weighted by Crippen LogP contribution is 2.36. The number of esters is 1. The largest absolute Gasteiger partial charge is 0.465 e. The van der Waals surface area contributed by atoms with Crippen LogP contribution in [0.1, 0.15) is 69.3 Å². The Balaban J connectivity index is 1.97. The van der Waals surface area contributed by atoms with Gasteiger partial charge in [-0.05, 0) is 65.9 Å². The fraction of sp³-hybridized carbons (Fsp3) is 0.700. The number of alkyl carbamates (subject to hydrolysis) is 1. The maximum atomic E-state index is 12.0. The number of hydrogen-bond donors (Lipinski definition) is 1. The van der Waals surface area contributed by atoms with E-state index in [9.17, 15) is 9.59 Å². The lowest BCUT2D eigenvalue weighted by atomic mass is 9.90. The van der Waals surface area contributed by atoms with Crippen LogP contribution < -0.4 is 10.2 Å². The lowest BCUT2D eigenvalue weighted by Gasteiger charge is -2.37. The van der Waals surface area contributed by atoms with Crippen molar-refractivity contribution in [2.24, 2.45) is 0 Å². The molecule has 1 fully saturated rings. The number of nitrogens with one attached hydrogen (secondary N) is 1. The Morgan fingerprint density at radius 2 is 1.89 bits per heavy atom.